The lowest BCUT2D eigenvalue weighted by Crippen LogP contribution is -2.06. The highest BCUT2D eigenvalue weighted by molar-refractivity contribution is 7.11. The number of thiazole rings is 1. The number of aromatic nitrogens is 1. The zero-order chi connectivity index (χ0) is 13.0. The van der Waals surface area contributed by atoms with Gasteiger partial charge in [-0.05, 0) is 5.56 Å². The molecule has 0 amide bonds. The number of nitrogens with zero attached hydrogens (tertiary/aromatic N) is 1. The minimum Gasteiger partial charge on any atom is -0.476 e. The van der Waals surface area contributed by atoms with Gasteiger partial charge in [0.05, 0.1) is 0 Å². The standard InChI is InChI=1S/C12H9NO4S/c14-11(15)9-7-18-10(13-9)12(16)17-6-8-4-2-1-3-5-8/h1-5,7H,6H2,(H,14,15). The molecule has 0 unspecified atom stereocenters. The lowest BCUT2D eigenvalue weighted by molar-refractivity contribution is 0.0472. The molecule has 2 rings (SSSR count). The molecule has 1 heterocycles. The molecule has 0 aliphatic heterocycles. The number of carboxylic acids is 1. The molecule has 1 aromatic heterocycles. The number of carbonyl (C=O) groups is 2. The third kappa shape index (κ3) is 2.92. The minimum absolute atomic E-state index is 0.0448. The van der Waals surface area contributed by atoms with Crippen LogP contribution in [0.5, 0.6) is 0 Å². The molecule has 0 saturated heterocycles. The van der Waals surface area contributed by atoms with Crippen LogP contribution in [-0.4, -0.2) is 22.0 Å². The molecule has 0 aliphatic rings. The summed E-state index contributed by atoms with van der Waals surface area (Å²) in [4.78, 5) is 25.9. The number of carboxylic acid groups (broad SMARTS) is 1. The summed E-state index contributed by atoms with van der Waals surface area (Å²) in [6, 6.07) is 9.21. The first-order chi connectivity index (χ1) is 8.66. The van der Waals surface area contributed by atoms with Gasteiger partial charge >= 0.3 is 11.9 Å². The molecule has 0 radical (unpaired) electrons. The van der Waals surface area contributed by atoms with Crippen LogP contribution in [0.3, 0.4) is 0 Å². The predicted octanol–water partition coefficient (Wildman–Crippen LogP) is 2.20. The van der Waals surface area contributed by atoms with Gasteiger partial charge in [0.25, 0.3) is 0 Å². The van der Waals surface area contributed by atoms with E-state index in [1.165, 1.54) is 5.38 Å². The van der Waals surface area contributed by atoms with Gasteiger partial charge in [-0.3, -0.25) is 0 Å². The third-order valence-electron chi connectivity index (χ3n) is 2.11. The second kappa shape index (κ2) is 5.42. The van der Waals surface area contributed by atoms with Gasteiger partial charge in [-0.25, -0.2) is 14.6 Å². The summed E-state index contributed by atoms with van der Waals surface area (Å²) in [5.74, 6) is -1.77. The third-order valence-corrected chi connectivity index (χ3v) is 2.93. The molecule has 18 heavy (non-hydrogen) atoms. The van der Waals surface area contributed by atoms with Crippen LogP contribution < -0.4 is 0 Å². The van der Waals surface area contributed by atoms with Crippen molar-refractivity contribution in [2.45, 2.75) is 6.61 Å². The van der Waals surface area contributed by atoms with Gasteiger partial charge in [-0.2, -0.15) is 0 Å². The number of aromatic carboxylic acids is 1. The maximum absolute atomic E-state index is 11.6. The highest BCUT2D eigenvalue weighted by atomic mass is 32.1. The Morgan fingerprint density at radius 1 is 1.28 bits per heavy atom. The zero-order valence-corrected chi connectivity index (χ0v) is 10.0. The van der Waals surface area contributed by atoms with Gasteiger partial charge in [0, 0.05) is 5.38 Å². The lowest BCUT2D eigenvalue weighted by Gasteiger charge is -2.01. The van der Waals surface area contributed by atoms with Gasteiger partial charge in [0.15, 0.2) is 5.69 Å². The van der Waals surface area contributed by atoms with E-state index >= 15 is 0 Å². The maximum atomic E-state index is 11.6. The molecular weight excluding hydrogens is 254 g/mol. The van der Waals surface area contributed by atoms with Crippen LogP contribution in [0.25, 0.3) is 0 Å². The molecule has 0 fully saturated rings. The number of ether oxygens (including phenoxy) is 1. The first-order valence-corrected chi connectivity index (χ1v) is 5.94. The van der Waals surface area contributed by atoms with Crippen molar-refractivity contribution in [1.82, 2.24) is 4.98 Å². The Labute approximate surface area is 107 Å². The van der Waals surface area contributed by atoms with Crippen molar-refractivity contribution in [2.24, 2.45) is 0 Å². The van der Waals surface area contributed by atoms with Crippen molar-refractivity contribution >= 4 is 23.3 Å². The lowest BCUT2D eigenvalue weighted by atomic mass is 10.2. The van der Waals surface area contributed by atoms with Gasteiger partial charge in [0.2, 0.25) is 5.01 Å². The Balaban J connectivity index is 1.97. The maximum Gasteiger partial charge on any atom is 0.367 e. The van der Waals surface area contributed by atoms with E-state index in [0.717, 1.165) is 16.9 Å². The molecular formula is C12H9NO4S. The summed E-state index contributed by atoms with van der Waals surface area (Å²) in [6.45, 7) is 0.141. The van der Waals surface area contributed by atoms with Crippen molar-refractivity contribution in [3.05, 3.63) is 52.0 Å². The molecule has 6 heteroatoms. The van der Waals surface area contributed by atoms with E-state index in [1.54, 1.807) is 0 Å². The van der Waals surface area contributed by atoms with E-state index < -0.39 is 11.9 Å². The SMILES string of the molecule is O=C(O)c1csc(C(=O)OCc2ccccc2)n1. The van der Waals surface area contributed by atoms with Gasteiger partial charge < -0.3 is 9.84 Å². The summed E-state index contributed by atoms with van der Waals surface area (Å²) in [6.07, 6.45) is 0. The summed E-state index contributed by atoms with van der Waals surface area (Å²) in [5.41, 5.74) is 0.715. The number of hydrogen-bond donors (Lipinski definition) is 1. The first kappa shape index (κ1) is 12.3. The van der Waals surface area contributed by atoms with Crippen LogP contribution in [0.15, 0.2) is 35.7 Å². The van der Waals surface area contributed by atoms with Crippen LogP contribution in [0.1, 0.15) is 25.9 Å². The van der Waals surface area contributed by atoms with Crippen molar-refractivity contribution in [2.75, 3.05) is 0 Å². The summed E-state index contributed by atoms with van der Waals surface area (Å²) in [7, 11) is 0. The number of benzene rings is 1. The quantitative estimate of drug-likeness (QED) is 0.856. The first-order valence-electron chi connectivity index (χ1n) is 5.06. The normalized spacial score (nSPS) is 10.0. The fourth-order valence-corrected chi connectivity index (χ4v) is 1.93. The Morgan fingerprint density at radius 2 is 2.00 bits per heavy atom. The molecule has 0 saturated carbocycles. The fraction of sp³-hybridized carbons (Fsp3) is 0.0833. The minimum atomic E-state index is -1.16. The van der Waals surface area contributed by atoms with Gasteiger partial charge in [0.1, 0.15) is 6.61 Å². The van der Waals surface area contributed by atoms with Crippen molar-refractivity contribution in [3.63, 3.8) is 0 Å². The monoisotopic (exact) mass is 263 g/mol. The average Bonchev–Trinajstić information content (AvgIpc) is 2.87. The van der Waals surface area contributed by atoms with Crippen molar-refractivity contribution < 1.29 is 19.4 Å². The zero-order valence-electron chi connectivity index (χ0n) is 9.20. The van der Waals surface area contributed by atoms with E-state index in [1.807, 2.05) is 30.3 Å². The van der Waals surface area contributed by atoms with Gasteiger partial charge in [-0.1, -0.05) is 30.3 Å². The Hall–Kier alpha value is -2.21. The fourth-order valence-electron chi connectivity index (χ4n) is 1.25. The molecule has 0 bridgehead atoms. The van der Waals surface area contributed by atoms with Crippen LogP contribution >= 0.6 is 11.3 Å². The Kier molecular flexibility index (Phi) is 3.69. The molecule has 2 aromatic rings. The van der Waals surface area contributed by atoms with Crippen molar-refractivity contribution in [3.8, 4) is 0 Å². The van der Waals surface area contributed by atoms with Gasteiger partial charge in [-0.15, -0.1) is 11.3 Å². The Morgan fingerprint density at radius 3 is 2.61 bits per heavy atom. The molecule has 1 N–H and O–H groups in total. The van der Waals surface area contributed by atoms with Crippen LogP contribution in [0.4, 0.5) is 0 Å². The number of hydrogen-bond acceptors (Lipinski definition) is 5. The number of rotatable bonds is 4. The molecule has 5 nitrogen and oxygen atoms in total. The molecule has 0 atom stereocenters. The van der Waals surface area contributed by atoms with Crippen LogP contribution in [-0.2, 0) is 11.3 Å². The smallest absolute Gasteiger partial charge is 0.367 e. The second-order valence-corrected chi connectivity index (χ2v) is 4.26. The molecule has 1 aromatic carbocycles. The van der Waals surface area contributed by atoms with E-state index in [-0.39, 0.29) is 17.3 Å². The van der Waals surface area contributed by atoms with E-state index in [2.05, 4.69) is 4.98 Å². The van der Waals surface area contributed by atoms with Crippen LogP contribution in [0.2, 0.25) is 0 Å². The van der Waals surface area contributed by atoms with E-state index in [4.69, 9.17) is 9.84 Å². The topological polar surface area (TPSA) is 76.5 Å². The number of carbonyl (C=O) groups excluding carboxylic acids is 1. The summed E-state index contributed by atoms with van der Waals surface area (Å²) < 4.78 is 5.02. The van der Waals surface area contributed by atoms with E-state index in [0.29, 0.717) is 0 Å². The predicted molar refractivity (Wildman–Crippen MR) is 64.6 cm³/mol. The molecule has 0 spiro atoms. The molecule has 92 valence electrons. The second-order valence-electron chi connectivity index (χ2n) is 3.40. The average molecular weight is 263 g/mol. The summed E-state index contributed by atoms with van der Waals surface area (Å²) in [5, 5.41) is 10.0. The summed E-state index contributed by atoms with van der Waals surface area (Å²) >= 11 is 0.955. The molecule has 0 aliphatic carbocycles. The largest absolute Gasteiger partial charge is 0.476 e. The Bertz CT molecular complexity index is 564. The van der Waals surface area contributed by atoms with Crippen molar-refractivity contribution in [1.29, 1.82) is 0 Å². The highest BCUT2D eigenvalue weighted by Crippen LogP contribution is 2.12. The van der Waals surface area contributed by atoms with Crippen LogP contribution in [0, 0.1) is 0 Å². The van der Waals surface area contributed by atoms with E-state index in [9.17, 15) is 9.59 Å². The highest BCUT2D eigenvalue weighted by Gasteiger charge is 2.15. The number of esters is 1.